The van der Waals surface area contributed by atoms with Crippen LogP contribution in [0.3, 0.4) is 0 Å². The van der Waals surface area contributed by atoms with Crippen molar-refractivity contribution in [1.29, 1.82) is 0 Å². The first kappa shape index (κ1) is 42.6. The summed E-state index contributed by atoms with van der Waals surface area (Å²) in [5, 5.41) is 12.1. The minimum atomic E-state index is -0.223. The Balaban J connectivity index is 1.08. The summed E-state index contributed by atoms with van der Waals surface area (Å²) in [6.45, 7) is 6.75. The molecule has 75 heavy (non-hydrogen) atoms. The van der Waals surface area contributed by atoms with Crippen molar-refractivity contribution in [2.45, 2.75) is 26.2 Å². The molecule has 0 N–H and O–H groups in total. The summed E-state index contributed by atoms with van der Waals surface area (Å²) in [5.74, 6) is 0. The van der Waals surface area contributed by atoms with Crippen molar-refractivity contribution >= 4 is 132 Å². The molecule has 14 aromatic rings. The quantitative estimate of drug-likeness (QED) is 0.164. The molecule has 0 radical (unpaired) electrons. The van der Waals surface area contributed by atoms with Crippen LogP contribution in [0.15, 0.2) is 235 Å². The van der Waals surface area contributed by atoms with E-state index in [2.05, 4.69) is 261 Å². The van der Waals surface area contributed by atoms with Crippen LogP contribution in [-0.2, 0) is 5.41 Å². The molecule has 0 fully saturated rings. The Hall–Kier alpha value is -8.90. The molecule has 0 saturated carbocycles. The van der Waals surface area contributed by atoms with Gasteiger partial charge in [-0.25, -0.2) is 0 Å². The van der Waals surface area contributed by atoms with Crippen LogP contribution in [0.4, 0.5) is 28.4 Å². The molecule has 4 heterocycles. The van der Waals surface area contributed by atoms with Crippen LogP contribution in [0.1, 0.15) is 26.3 Å². The Bertz CT molecular complexity index is 4700. The summed E-state index contributed by atoms with van der Waals surface area (Å²) in [7, 11) is 0. The highest BCUT2D eigenvalue weighted by atomic mass is 32.1. The average Bonchev–Trinajstić information content (AvgIpc) is 4.04. The van der Waals surface area contributed by atoms with Gasteiger partial charge >= 0.3 is 6.85 Å². The van der Waals surface area contributed by atoms with Crippen LogP contribution < -0.4 is 20.6 Å². The normalized spacial score (nSPS) is 13.2. The van der Waals surface area contributed by atoms with E-state index in [-0.39, 0.29) is 12.3 Å². The van der Waals surface area contributed by atoms with Gasteiger partial charge in [0, 0.05) is 65.2 Å². The van der Waals surface area contributed by atoms with Gasteiger partial charge in [-0.2, -0.15) is 0 Å². The monoisotopic (exact) mass is 974 g/mol. The highest BCUT2D eigenvalue weighted by Crippen LogP contribution is 2.55. The third-order valence-electron chi connectivity index (χ3n) is 16.3. The Labute approximate surface area is 439 Å². The second-order valence-electron chi connectivity index (χ2n) is 21.6. The van der Waals surface area contributed by atoms with E-state index >= 15 is 0 Å². The lowest BCUT2D eigenvalue weighted by molar-refractivity contribution is 0.590. The van der Waals surface area contributed by atoms with Gasteiger partial charge in [0.05, 0.1) is 11.4 Å². The van der Waals surface area contributed by atoms with Crippen molar-refractivity contribution < 1.29 is 4.42 Å². The van der Waals surface area contributed by atoms with Crippen molar-refractivity contribution in [3.8, 4) is 33.4 Å². The molecule has 3 nitrogen and oxygen atoms in total. The summed E-state index contributed by atoms with van der Waals surface area (Å²) in [4.78, 5) is 5.32. The first-order valence-corrected chi connectivity index (χ1v) is 26.9. The highest BCUT2D eigenvalue weighted by molar-refractivity contribution is 7.26. The van der Waals surface area contributed by atoms with E-state index in [4.69, 9.17) is 4.42 Å². The molecule has 0 saturated heterocycles. The standard InChI is InChI=1S/C70H47BN2OS/c1-70(2,3)50-28-32-59(53(39-50)44-18-8-5-9-19-44)72-61-36-49-24-14-15-25-52(49)66-56-40-55-54-34-45-20-10-12-22-47(45)37-62(54)74-63(55)41-60(56)73(51-29-26-43(27-30-51)42-16-6-4-7-17-42)71(68(61)66)58-31-33-64-67(69(58)72)57-35-46-21-11-13-23-48(46)38-65(57)75-64/h4-41H,1-3H3. The SMILES string of the molecule is CC(C)(C)c1ccc(N2c3cc4ccccc4c4c3B(c3ccc5sc6cc7ccccc7cc6c5c32)N(c2ccc(-c3ccccc3)cc2)c2cc3oc5cc6ccccc6cc5c3cc2-4)c(-c2ccccc2)c1. The summed E-state index contributed by atoms with van der Waals surface area (Å²) in [5.41, 5.74) is 18.6. The maximum Gasteiger partial charge on any atom is 0.333 e. The van der Waals surface area contributed by atoms with Crippen molar-refractivity contribution in [2.75, 3.05) is 9.71 Å². The molecular weight excluding hydrogens is 928 g/mol. The molecule has 352 valence electrons. The van der Waals surface area contributed by atoms with Gasteiger partial charge in [-0.3, -0.25) is 0 Å². The Kier molecular flexibility index (Phi) is 8.98. The molecule has 2 aliphatic rings. The number of anilines is 5. The van der Waals surface area contributed by atoms with E-state index < -0.39 is 0 Å². The molecule has 0 aliphatic carbocycles. The van der Waals surface area contributed by atoms with E-state index in [1.165, 1.54) is 114 Å². The molecule has 0 atom stereocenters. The maximum atomic E-state index is 7.00. The smallest absolute Gasteiger partial charge is 0.333 e. The fraction of sp³-hybridized carbons (Fsp3) is 0.0571. The van der Waals surface area contributed by atoms with Crippen LogP contribution >= 0.6 is 11.3 Å². The summed E-state index contributed by atoms with van der Waals surface area (Å²) < 4.78 is 9.56. The Morgan fingerprint density at radius 1 is 0.427 bits per heavy atom. The predicted molar refractivity (Wildman–Crippen MR) is 322 cm³/mol. The lowest BCUT2D eigenvalue weighted by Crippen LogP contribution is -2.61. The van der Waals surface area contributed by atoms with E-state index in [1.807, 2.05) is 11.3 Å². The van der Waals surface area contributed by atoms with E-state index in [0.717, 1.165) is 39.0 Å². The first-order chi connectivity index (χ1) is 36.8. The van der Waals surface area contributed by atoms with Gasteiger partial charge < -0.3 is 14.1 Å². The molecule has 2 aliphatic heterocycles. The van der Waals surface area contributed by atoms with Crippen LogP contribution in [0, 0.1) is 0 Å². The summed E-state index contributed by atoms with van der Waals surface area (Å²) >= 11 is 1.90. The van der Waals surface area contributed by atoms with Gasteiger partial charge in [-0.15, -0.1) is 11.3 Å². The van der Waals surface area contributed by atoms with E-state index in [1.54, 1.807) is 0 Å². The topological polar surface area (TPSA) is 19.6 Å². The molecule has 0 bridgehead atoms. The van der Waals surface area contributed by atoms with Crippen molar-refractivity contribution in [3.05, 3.63) is 236 Å². The van der Waals surface area contributed by atoms with E-state index in [0.29, 0.717) is 0 Å². The average molecular weight is 975 g/mol. The van der Waals surface area contributed by atoms with Crippen molar-refractivity contribution in [2.24, 2.45) is 0 Å². The van der Waals surface area contributed by atoms with Crippen LogP contribution in [0.25, 0.3) is 108 Å². The number of benzene rings is 12. The Morgan fingerprint density at radius 2 is 1.04 bits per heavy atom. The number of thiophene rings is 1. The van der Waals surface area contributed by atoms with Crippen LogP contribution in [-0.4, -0.2) is 6.85 Å². The molecule has 0 amide bonds. The fourth-order valence-electron chi connectivity index (χ4n) is 12.7. The first-order valence-electron chi connectivity index (χ1n) is 26.1. The van der Waals surface area contributed by atoms with Crippen LogP contribution in [0.2, 0.25) is 0 Å². The molecule has 5 heteroatoms. The zero-order chi connectivity index (χ0) is 49.7. The van der Waals surface area contributed by atoms with Gasteiger partial charge in [0.15, 0.2) is 0 Å². The van der Waals surface area contributed by atoms with Gasteiger partial charge in [0.1, 0.15) is 11.2 Å². The van der Waals surface area contributed by atoms with Crippen LogP contribution in [0.5, 0.6) is 0 Å². The molecular formula is C70H47BN2OS. The number of hydrogen-bond donors (Lipinski definition) is 0. The molecule has 16 rings (SSSR count). The number of rotatable bonds is 4. The summed E-state index contributed by atoms with van der Waals surface area (Å²) in [6, 6.07) is 86.3. The molecule has 12 aromatic carbocycles. The second kappa shape index (κ2) is 15.8. The lowest BCUT2D eigenvalue weighted by Gasteiger charge is -2.46. The van der Waals surface area contributed by atoms with Gasteiger partial charge in [0.2, 0.25) is 0 Å². The van der Waals surface area contributed by atoms with Crippen molar-refractivity contribution in [1.82, 2.24) is 0 Å². The molecule has 2 aromatic heterocycles. The molecule has 0 unspecified atom stereocenters. The second-order valence-corrected chi connectivity index (χ2v) is 22.7. The minimum absolute atomic E-state index is 0.0674. The Morgan fingerprint density at radius 3 is 1.77 bits per heavy atom. The summed E-state index contributed by atoms with van der Waals surface area (Å²) in [6.07, 6.45) is 0. The third-order valence-corrected chi connectivity index (χ3v) is 17.4. The highest BCUT2D eigenvalue weighted by Gasteiger charge is 2.47. The van der Waals surface area contributed by atoms with Crippen molar-refractivity contribution in [3.63, 3.8) is 0 Å². The predicted octanol–water partition coefficient (Wildman–Crippen LogP) is 18.8. The van der Waals surface area contributed by atoms with Gasteiger partial charge in [0.25, 0.3) is 0 Å². The number of hydrogen-bond acceptors (Lipinski definition) is 4. The minimum Gasteiger partial charge on any atom is -0.456 e. The lowest BCUT2D eigenvalue weighted by atomic mass is 9.43. The molecule has 0 spiro atoms. The van der Waals surface area contributed by atoms with Gasteiger partial charge in [-0.1, -0.05) is 178 Å². The zero-order valence-corrected chi connectivity index (χ0v) is 42.5. The van der Waals surface area contributed by atoms with E-state index in [9.17, 15) is 0 Å². The fourth-order valence-corrected chi connectivity index (χ4v) is 13.9. The number of furan rings is 1. The number of fused-ring (bicyclic) bond motifs is 15. The largest absolute Gasteiger partial charge is 0.456 e. The third kappa shape index (κ3) is 6.35. The zero-order valence-electron chi connectivity index (χ0n) is 41.7. The van der Waals surface area contributed by atoms with Gasteiger partial charge in [-0.05, 0) is 143 Å². The number of nitrogens with zero attached hydrogens (tertiary/aromatic N) is 2. The maximum absolute atomic E-state index is 7.00.